The Labute approximate surface area is 211 Å². The van der Waals surface area contributed by atoms with Gasteiger partial charge in [0.15, 0.2) is 6.17 Å². The predicted octanol–water partition coefficient (Wildman–Crippen LogP) is 3.99. The summed E-state index contributed by atoms with van der Waals surface area (Å²) in [6.07, 6.45) is -0.646. The summed E-state index contributed by atoms with van der Waals surface area (Å²) >= 11 is 0.917. The number of hydrogen-bond acceptors (Lipinski definition) is 5. The van der Waals surface area contributed by atoms with Crippen molar-refractivity contribution in [3.05, 3.63) is 141 Å². The molecule has 36 heavy (non-hydrogen) atoms. The minimum atomic E-state index is -2.15. The Morgan fingerprint density at radius 2 is 1.42 bits per heavy atom. The second-order valence-corrected chi connectivity index (χ2v) is 10.2. The number of aliphatic hydroxyl groups is 1. The van der Waals surface area contributed by atoms with Gasteiger partial charge in [-0.1, -0.05) is 103 Å². The number of aromatic nitrogens is 2. The maximum atomic E-state index is 15.2. The summed E-state index contributed by atoms with van der Waals surface area (Å²) in [5.41, 5.74) is 0.273. The average molecular weight is 505 g/mol. The highest BCUT2D eigenvalue weighted by Crippen LogP contribution is 2.48. The largest absolute Gasteiger partial charge is 0.360 e. The Bertz CT molecular complexity index is 1330. The van der Waals surface area contributed by atoms with E-state index < -0.39 is 33.3 Å². The van der Waals surface area contributed by atoms with Crippen LogP contribution in [-0.2, 0) is 15.4 Å². The molecule has 0 radical (unpaired) electrons. The standard InChI is InChI=1S/C28H25FN2O4S/c29-24-18-23(36-28(24,34)31-17-16-25(32)30-26(31)33)19-35-27(20-10-4-1-5-11-20,21-12-6-2-7-13-21)22-14-8-3-9-15-22/h1-17,23-24,34H,18-19H2,(H,30,32,33)/t23-,24-,28-/m0/s1. The zero-order valence-electron chi connectivity index (χ0n) is 19.3. The summed E-state index contributed by atoms with van der Waals surface area (Å²) < 4.78 is 22.8. The molecule has 5 rings (SSSR count). The van der Waals surface area contributed by atoms with Crippen LogP contribution in [0.1, 0.15) is 23.1 Å². The summed E-state index contributed by atoms with van der Waals surface area (Å²) in [6, 6.07) is 30.6. The van der Waals surface area contributed by atoms with Crippen molar-refractivity contribution in [1.29, 1.82) is 0 Å². The molecule has 3 atom stereocenters. The molecule has 0 saturated carbocycles. The Balaban J connectivity index is 1.52. The number of nitrogens with zero attached hydrogens (tertiary/aromatic N) is 1. The average Bonchev–Trinajstić information content (AvgIpc) is 3.20. The second kappa shape index (κ2) is 9.89. The van der Waals surface area contributed by atoms with E-state index >= 15 is 4.39 Å². The minimum absolute atomic E-state index is 0.0266. The first-order valence-electron chi connectivity index (χ1n) is 11.6. The lowest BCUT2D eigenvalue weighted by molar-refractivity contribution is -0.0182. The van der Waals surface area contributed by atoms with Crippen molar-refractivity contribution in [2.45, 2.75) is 28.5 Å². The second-order valence-electron chi connectivity index (χ2n) is 8.67. The smallest absolute Gasteiger partial charge is 0.331 e. The van der Waals surface area contributed by atoms with E-state index in [0.29, 0.717) is 0 Å². The predicted molar refractivity (Wildman–Crippen MR) is 138 cm³/mol. The van der Waals surface area contributed by atoms with E-state index in [4.69, 9.17) is 4.74 Å². The molecule has 2 N–H and O–H groups in total. The third-order valence-electron chi connectivity index (χ3n) is 6.41. The van der Waals surface area contributed by atoms with E-state index in [1.54, 1.807) is 0 Å². The molecule has 3 aromatic carbocycles. The third-order valence-corrected chi connectivity index (χ3v) is 7.87. The quantitative estimate of drug-likeness (QED) is 0.372. The number of hydrogen-bond donors (Lipinski definition) is 2. The maximum Gasteiger partial charge on any atom is 0.331 e. The fraction of sp³-hybridized carbons (Fsp3) is 0.214. The molecule has 2 heterocycles. The van der Waals surface area contributed by atoms with Gasteiger partial charge in [0.25, 0.3) is 5.56 Å². The molecule has 4 aromatic rings. The van der Waals surface area contributed by atoms with Crippen LogP contribution in [0.3, 0.4) is 0 Å². The highest BCUT2D eigenvalue weighted by Gasteiger charge is 2.51. The van der Waals surface area contributed by atoms with E-state index in [9.17, 15) is 14.7 Å². The van der Waals surface area contributed by atoms with Crippen molar-refractivity contribution in [2.75, 3.05) is 6.61 Å². The zero-order chi connectivity index (χ0) is 25.2. The van der Waals surface area contributed by atoms with Crippen molar-refractivity contribution in [3.63, 3.8) is 0 Å². The fourth-order valence-electron chi connectivity index (χ4n) is 4.72. The highest BCUT2D eigenvalue weighted by molar-refractivity contribution is 8.00. The Morgan fingerprint density at radius 3 is 1.89 bits per heavy atom. The van der Waals surface area contributed by atoms with Gasteiger partial charge < -0.3 is 9.84 Å². The molecule has 0 unspecified atom stereocenters. The summed E-state index contributed by atoms with van der Waals surface area (Å²) in [4.78, 5) is 25.8. The van der Waals surface area contributed by atoms with Crippen LogP contribution in [0, 0.1) is 0 Å². The number of halogens is 1. The van der Waals surface area contributed by atoms with Gasteiger partial charge in [-0.05, 0) is 23.1 Å². The minimum Gasteiger partial charge on any atom is -0.360 e. The number of ether oxygens (including phenoxy) is 1. The molecule has 6 nitrogen and oxygen atoms in total. The molecule has 1 aliphatic rings. The third kappa shape index (κ3) is 4.32. The lowest BCUT2D eigenvalue weighted by Gasteiger charge is -2.36. The van der Waals surface area contributed by atoms with Crippen molar-refractivity contribution >= 4 is 11.8 Å². The molecule has 0 spiro atoms. The molecule has 0 amide bonds. The summed E-state index contributed by atoms with van der Waals surface area (Å²) in [5, 5.41) is 8.52. The van der Waals surface area contributed by atoms with Crippen LogP contribution in [0.4, 0.5) is 4.39 Å². The van der Waals surface area contributed by atoms with Crippen molar-refractivity contribution in [1.82, 2.24) is 9.55 Å². The molecule has 1 aromatic heterocycles. The van der Waals surface area contributed by atoms with Gasteiger partial charge in [0.2, 0.25) is 5.06 Å². The van der Waals surface area contributed by atoms with Gasteiger partial charge in [0.05, 0.1) is 6.61 Å². The molecule has 0 bridgehead atoms. The lowest BCUT2D eigenvalue weighted by Crippen LogP contribution is -2.45. The molecular formula is C28H25FN2O4S. The van der Waals surface area contributed by atoms with Crippen LogP contribution in [0.2, 0.25) is 0 Å². The first-order chi connectivity index (χ1) is 17.4. The highest BCUT2D eigenvalue weighted by atomic mass is 32.2. The zero-order valence-corrected chi connectivity index (χ0v) is 20.1. The van der Waals surface area contributed by atoms with Crippen molar-refractivity contribution < 1.29 is 14.2 Å². The van der Waals surface area contributed by atoms with Gasteiger partial charge >= 0.3 is 5.69 Å². The molecule has 184 valence electrons. The van der Waals surface area contributed by atoms with E-state index in [-0.39, 0.29) is 13.0 Å². The summed E-state index contributed by atoms with van der Waals surface area (Å²) in [6.45, 7) is 0.101. The maximum absolute atomic E-state index is 15.2. The molecule has 1 aliphatic heterocycles. The molecular weight excluding hydrogens is 479 g/mol. The van der Waals surface area contributed by atoms with Gasteiger partial charge in [0.1, 0.15) is 5.60 Å². The van der Waals surface area contributed by atoms with Gasteiger partial charge in [0, 0.05) is 17.5 Å². The van der Waals surface area contributed by atoms with Crippen LogP contribution in [0.15, 0.2) is 113 Å². The van der Waals surface area contributed by atoms with Crippen LogP contribution < -0.4 is 11.2 Å². The summed E-state index contributed by atoms with van der Waals surface area (Å²) in [7, 11) is 0. The number of rotatable bonds is 7. The molecule has 1 fully saturated rings. The first-order valence-corrected chi connectivity index (χ1v) is 12.5. The topological polar surface area (TPSA) is 84.3 Å². The Kier molecular flexibility index (Phi) is 6.66. The van der Waals surface area contributed by atoms with Crippen LogP contribution >= 0.6 is 11.8 Å². The van der Waals surface area contributed by atoms with Crippen molar-refractivity contribution in [3.8, 4) is 0 Å². The van der Waals surface area contributed by atoms with E-state index in [1.165, 1.54) is 0 Å². The number of thioether (sulfide) groups is 1. The van der Waals surface area contributed by atoms with Gasteiger partial charge in [-0.2, -0.15) is 0 Å². The number of alkyl halides is 1. The number of H-pyrrole nitrogens is 1. The van der Waals surface area contributed by atoms with Crippen LogP contribution in [0.25, 0.3) is 0 Å². The molecule has 1 saturated heterocycles. The van der Waals surface area contributed by atoms with E-state index in [0.717, 1.165) is 45.3 Å². The van der Waals surface area contributed by atoms with Crippen molar-refractivity contribution in [2.24, 2.45) is 0 Å². The number of benzene rings is 3. The van der Waals surface area contributed by atoms with E-state index in [2.05, 4.69) is 4.98 Å². The normalized spacial score (nSPS) is 21.9. The molecule has 0 aliphatic carbocycles. The lowest BCUT2D eigenvalue weighted by atomic mass is 9.80. The first kappa shape index (κ1) is 24.2. The summed E-state index contributed by atoms with van der Waals surface area (Å²) in [5.74, 6) is 0. The fourth-order valence-corrected chi connectivity index (χ4v) is 6.11. The van der Waals surface area contributed by atoms with Gasteiger partial charge in [-0.25, -0.2) is 9.18 Å². The number of aromatic amines is 1. The Hall–Kier alpha value is -3.46. The van der Waals surface area contributed by atoms with Crippen LogP contribution in [0.5, 0.6) is 0 Å². The van der Waals surface area contributed by atoms with Gasteiger partial charge in [-0.15, -0.1) is 0 Å². The monoisotopic (exact) mass is 504 g/mol. The Morgan fingerprint density at radius 1 is 0.917 bits per heavy atom. The SMILES string of the molecule is O=c1ccn([C@@]2(O)S[C@H](COC(c3ccccc3)(c3ccccc3)c3ccccc3)C[C@@H]2F)c(=O)[nH]1. The molecule has 8 heteroatoms. The van der Waals surface area contributed by atoms with Gasteiger partial charge in [-0.3, -0.25) is 14.3 Å². The van der Waals surface area contributed by atoms with Crippen LogP contribution in [-0.4, -0.2) is 32.7 Å². The number of nitrogens with one attached hydrogen (secondary N) is 1. The van der Waals surface area contributed by atoms with E-state index in [1.807, 2.05) is 91.0 Å².